The summed E-state index contributed by atoms with van der Waals surface area (Å²) < 4.78 is 44.7. The fraction of sp³-hybridized carbons (Fsp3) is 0.269. The highest BCUT2D eigenvalue weighted by Crippen LogP contribution is 2.35. The molecule has 0 bridgehead atoms. The van der Waals surface area contributed by atoms with Gasteiger partial charge in [0.1, 0.15) is 11.4 Å². The van der Waals surface area contributed by atoms with E-state index in [4.69, 9.17) is 4.74 Å². The molecule has 0 radical (unpaired) electrons. The van der Waals surface area contributed by atoms with Crippen molar-refractivity contribution >= 4 is 23.0 Å². The molecule has 1 aliphatic heterocycles. The Morgan fingerprint density at radius 3 is 2.32 bits per heavy atom. The Hall–Kier alpha value is -4.12. The highest BCUT2D eigenvalue weighted by molar-refractivity contribution is 5.97. The number of alkyl halides is 3. The topological polar surface area (TPSA) is 88.0 Å². The number of benzene rings is 3. The first-order valence-corrected chi connectivity index (χ1v) is 11.6. The molecule has 194 valence electrons. The lowest BCUT2D eigenvalue weighted by Crippen LogP contribution is -2.43. The van der Waals surface area contributed by atoms with Crippen LogP contribution in [0.1, 0.15) is 11.1 Å². The van der Waals surface area contributed by atoms with Crippen LogP contribution in [-0.2, 0) is 17.5 Å². The summed E-state index contributed by atoms with van der Waals surface area (Å²) in [5, 5.41) is 15.1. The summed E-state index contributed by atoms with van der Waals surface area (Å²) in [7, 11) is 0. The summed E-state index contributed by atoms with van der Waals surface area (Å²) >= 11 is 0. The third-order valence-corrected chi connectivity index (χ3v) is 5.96. The molecule has 1 amide bonds. The molecule has 1 N–H and O–H groups in total. The Morgan fingerprint density at radius 1 is 1.03 bits per heavy atom. The summed E-state index contributed by atoms with van der Waals surface area (Å²) in [5.74, 6) is -0.140. The predicted octanol–water partition coefficient (Wildman–Crippen LogP) is 4.64. The molecular weight excluding hydrogens is 489 g/mol. The standard InChI is InChI=1S/C26H25F3N4O4/c27-26(28,29)20-8-6-19(7-9-20)17-32(25(34)18-37-22-4-2-1-3-5-22)24-16-21(10-11-23(24)33(35)36)31-14-12-30-13-15-31/h1-11,16,30H,12-15,17-18H2. The van der Waals surface area contributed by atoms with Gasteiger partial charge in [0.25, 0.3) is 11.6 Å². The molecule has 0 spiro atoms. The normalized spacial score (nSPS) is 13.8. The predicted molar refractivity (Wildman–Crippen MR) is 133 cm³/mol. The number of anilines is 2. The number of hydrogen-bond donors (Lipinski definition) is 1. The SMILES string of the molecule is O=C(COc1ccccc1)N(Cc1ccc(C(F)(F)F)cc1)c1cc(N2CCNCC2)ccc1[N+](=O)[O-]. The molecule has 1 fully saturated rings. The zero-order valence-electron chi connectivity index (χ0n) is 19.8. The number of amides is 1. The van der Waals surface area contributed by atoms with Crippen LogP contribution in [0.5, 0.6) is 5.75 Å². The average molecular weight is 515 g/mol. The molecule has 11 heteroatoms. The minimum atomic E-state index is -4.51. The number of carbonyl (C=O) groups excluding carboxylic acids is 1. The summed E-state index contributed by atoms with van der Waals surface area (Å²) in [6, 6.07) is 17.5. The lowest BCUT2D eigenvalue weighted by molar-refractivity contribution is -0.384. The van der Waals surface area contributed by atoms with Crippen molar-refractivity contribution in [3.05, 3.63) is 94.0 Å². The number of nitro groups is 1. The monoisotopic (exact) mass is 514 g/mol. The van der Waals surface area contributed by atoms with E-state index in [1.165, 1.54) is 23.1 Å². The van der Waals surface area contributed by atoms with E-state index in [1.54, 1.807) is 42.5 Å². The minimum Gasteiger partial charge on any atom is -0.484 e. The smallest absolute Gasteiger partial charge is 0.416 e. The van der Waals surface area contributed by atoms with E-state index >= 15 is 0 Å². The molecule has 1 heterocycles. The average Bonchev–Trinajstić information content (AvgIpc) is 2.91. The first-order valence-electron chi connectivity index (χ1n) is 11.6. The Bertz CT molecular complexity index is 1230. The maximum absolute atomic E-state index is 13.4. The molecule has 0 saturated carbocycles. The number of nitrogens with one attached hydrogen (secondary N) is 1. The van der Waals surface area contributed by atoms with Crippen molar-refractivity contribution in [2.45, 2.75) is 12.7 Å². The second-order valence-electron chi connectivity index (χ2n) is 8.44. The van der Waals surface area contributed by atoms with Crippen LogP contribution in [-0.4, -0.2) is 43.6 Å². The first-order chi connectivity index (χ1) is 17.7. The van der Waals surface area contributed by atoms with Crippen molar-refractivity contribution in [1.82, 2.24) is 5.32 Å². The van der Waals surface area contributed by atoms with Crippen LogP contribution in [0.2, 0.25) is 0 Å². The van der Waals surface area contributed by atoms with Crippen molar-refractivity contribution < 1.29 is 27.6 Å². The maximum atomic E-state index is 13.4. The minimum absolute atomic E-state index is 0.0441. The lowest BCUT2D eigenvalue weighted by atomic mass is 10.1. The molecule has 1 aliphatic rings. The van der Waals surface area contributed by atoms with Crippen molar-refractivity contribution in [3.8, 4) is 5.75 Å². The molecule has 3 aromatic rings. The zero-order valence-corrected chi connectivity index (χ0v) is 19.8. The lowest BCUT2D eigenvalue weighted by Gasteiger charge is -2.31. The molecule has 4 rings (SSSR count). The molecule has 8 nitrogen and oxygen atoms in total. The van der Waals surface area contributed by atoms with Crippen LogP contribution in [0.15, 0.2) is 72.8 Å². The molecule has 37 heavy (non-hydrogen) atoms. The van der Waals surface area contributed by atoms with Gasteiger partial charge in [0, 0.05) is 37.9 Å². The number of ether oxygens (including phenoxy) is 1. The van der Waals surface area contributed by atoms with E-state index in [9.17, 15) is 28.1 Å². The highest BCUT2D eigenvalue weighted by Gasteiger charge is 2.31. The van der Waals surface area contributed by atoms with Gasteiger partial charge in [-0.25, -0.2) is 0 Å². The van der Waals surface area contributed by atoms with Gasteiger partial charge < -0.3 is 15.0 Å². The molecular formula is C26H25F3N4O4. The molecule has 0 atom stereocenters. The molecule has 3 aromatic carbocycles. The van der Waals surface area contributed by atoms with Crippen molar-refractivity contribution in [2.75, 3.05) is 42.6 Å². The van der Waals surface area contributed by atoms with Crippen LogP contribution in [0.4, 0.5) is 30.2 Å². The number of para-hydroxylation sites is 1. The second-order valence-corrected chi connectivity index (χ2v) is 8.44. The van der Waals surface area contributed by atoms with E-state index < -0.39 is 29.2 Å². The van der Waals surface area contributed by atoms with Gasteiger partial charge in [0.05, 0.1) is 17.0 Å². The number of hydrogen-bond acceptors (Lipinski definition) is 6. The summed E-state index contributed by atoms with van der Waals surface area (Å²) in [6.45, 7) is 2.25. The largest absolute Gasteiger partial charge is 0.484 e. The van der Waals surface area contributed by atoms with E-state index in [-0.39, 0.29) is 17.9 Å². The number of piperazine rings is 1. The van der Waals surface area contributed by atoms with Gasteiger partial charge in [-0.1, -0.05) is 30.3 Å². The molecule has 0 unspecified atom stereocenters. The van der Waals surface area contributed by atoms with E-state index in [0.29, 0.717) is 30.1 Å². The number of nitrogens with zero attached hydrogens (tertiary/aromatic N) is 3. The van der Waals surface area contributed by atoms with E-state index in [1.807, 2.05) is 4.90 Å². The third-order valence-electron chi connectivity index (χ3n) is 5.96. The third kappa shape index (κ3) is 6.56. The van der Waals surface area contributed by atoms with Gasteiger partial charge in [-0.05, 0) is 42.0 Å². The number of carbonyl (C=O) groups is 1. The molecule has 0 aliphatic carbocycles. The van der Waals surface area contributed by atoms with Gasteiger partial charge in [0.2, 0.25) is 0 Å². The number of halogens is 3. The quantitative estimate of drug-likeness (QED) is 0.348. The Balaban J connectivity index is 1.69. The van der Waals surface area contributed by atoms with Crippen LogP contribution in [0.25, 0.3) is 0 Å². The number of rotatable bonds is 8. The van der Waals surface area contributed by atoms with Crippen molar-refractivity contribution in [3.63, 3.8) is 0 Å². The van der Waals surface area contributed by atoms with Gasteiger partial charge in [-0.2, -0.15) is 13.2 Å². The van der Waals surface area contributed by atoms with Gasteiger partial charge in [0.15, 0.2) is 6.61 Å². The highest BCUT2D eigenvalue weighted by atomic mass is 19.4. The fourth-order valence-electron chi connectivity index (χ4n) is 4.03. The van der Waals surface area contributed by atoms with E-state index in [0.717, 1.165) is 25.2 Å². The van der Waals surface area contributed by atoms with Crippen LogP contribution in [0, 0.1) is 10.1 Å². The van der Waals surface area contributed by atoms with E-state index in [2.05, 4.69) is 5.32 Å². The molecule has 1 saturated heterocycles. The zero-order chi connectivity index (χ0) is 26.4. The maximum Gasteiger partial charge on any atom is 0.416 e. The van der Waals surface area contributed by atoms with Crippen molar-refractivity contribution in [2.24, 2.45) is 0 Å². The Morgan fingerprint density at radius 2 is 1.70 bits per heavy atom. The molecule has 0 aromatic heterocycles. The summed E-state index contributed by atoms with van der Waals surface area (Å²) in [6.07, 6.45) is -4.51. The summed E-state index contributed by atoms with van der Waals surface area (Å²) in [4.78, 5) is 28.0. The Kier molecular flexibility index (Phi) is 7.92. The Labute approximate surface area is 211 Å². The van der Waals surface area contributed by atoms with Crippen molar-refractivity contribution in [1.29, 1.82) is 0 Å². The van der Waals surface area contributed by atoms with Gasteiger partial charge >= 0.3 is 6.18 Å². The first kappa shape index (κ1) is 26.0. The van der Waals surface area contributed by atoms with Crippen LogP contribution in [0.3, 0.4) is 0 Å². The van der Waals surface area contributed by atoms with Gasteiger partial charge in [-0.3, -0.25) is 19.8 Å². The second kappa shape index (κ2) is 11.3. The fourth-order valence-corrected chi connectivity index (χ4v) is 4.03. The van der Waals surface area contributed by atoms with Crippen LogP contribution >= 0.6 is 0 Å². The number of nitro benzene ring substituents is 1. The van der Waals surface area contributed by atoms with Gasteiger partial charge in [-0.15, -0.1) is 0 Å². The summed E-state index contributed by atoms with van der Waals surface area (Å²) in [5.41, 5.74) is 0.00824. The van der Waals surface area contributed by atoms with Crippen LogP contribution < -0.4 is 19.9 Å².